The van der Waals surface area contributed by atoms with Crippen LogP contribution >= 0.6 is 0 Å². The number of ether oxygens (including phenoxy) is 1. The number of pyridine rings is 1. The van der Waals surface area contributed by atoms with Crippen molar-refractivity contribution in [2.24, 2.45) is 0 Å². The largest absolute Gasteiger partial charge is 0.494 e. The zero-order chi connectivity index (χ0) is 15.4. The Bertz CT molecular complexity index is 712. The number of hydrogen-bond acceptors (Lipinski definition) is 3. The lowest BCUT2D eigenvalue weighted by molar-refractivity contribution is 0.0934. The number of halogens is 1. The van der Waals surface area contributed by atoms with E-state index in [-0.39, 0.29) is 17.0 Å². The number of amides is 1. The fourth-order valence-electron chi connectivity index (χ4n) is 1.89. The van der Waals surface area contributed by atoms with Gasteiger partial charge in [0.05, 0.1) is 13.2 Å². The molecule has 0 saturated carbocycles. The number of aromatic nitrogens is 1. The first-order valence-corrected chi connectivity index (χ1v) is 6.35. The Morgan fingerprint density at radius 1 is 1.33 bits per heavy atom. The fraction of sp³-hybridized carbons (Fsp3) is 0.200. The molecule has 0 aliphatic heterocycles. The Hall–Kier alpha value is -2.63. The smallest absolute Gasteiger partial charge is 0.268 e. The van der Waals surface area contributed by atoms with E-state index < -0.39 is 17.8 Å². The maximum Gasteiger partial charge on any atom is 0.268 e. The third-order valence-corrected chi connectivity index (χ3v) is 3.04. The predicted octanol–water partition coefficient (Wildman–Crippen LogP) is 2.01. The second kappa shape index (κ2) is 6.21. The van der Waals surface area contributed by atoms with E-state index in [9.17, 15) is 14.0 Å². The summed E-state index contributed by atoms with van der Waals surface area (Å²) in [4.78, 5) is 25.6. The first-order valence-electron chi connectivity index (χ1n) is 6.35. The Morgan fingerprint density at radius 2 is 2.10 bits per heavy atom. The number of aromatic amines is 1. The summed E-state index contributed by atoms with van der Waals surface area (Å²) >= 11 is 0. The zero-order valence-electron chi connectivity index (χ0n) is 11.6. The summed E-state index contributed by atoms with van der Waals surface area (Å²) in [5, 5.41) is 2.69. The molecule has 0 saturated heterocycles. The average Bonchev–Trinajstić information content (AvgIpc) is 2.47. The van der Waals surface area contributed by atoms with Crippen LogP contribution in [0, 0.1) is 5.82 Å². The molecule has 1 heterocycles. The highest BCUT2D eigenvalue weighted by atomic mass is 19.1. The Balaban J connectivity index is 2.14. The van der Waals surface area contributed by atoms with Crippen LogP contribution in [0.4, 0.5) is 4.39 Å². The van der Waals surface area contributed by atoms with E-state index in [1.165, 1.54) is 37.4 Å². The summed E-state index contributed by atoms with van der Waals surface area (Å²) in [5.74, 6) is -0.787. The van der Waals surface area contributed by atoms with Gasteiger partial charge in [-0.3, -0.25) is 9.59 Å². The van der Waals surface area contributed by atoms with Gasteiger partial charge in [-0.2, -0.15) is 0 Å². The highest BCUT2D eigenvalue weighted by Crippen LogP contribution is 2.21. The van der Waals surface area contributed by atoms with Gasteiger partial charge in [0, 0.05) is 6.07 Å². The summed E-state index contributed by atoms with van der Waals surface area (Å²) in [6.45, 7) is 1.72. The highest BCUT2D eigenvalue weighted by Gasteiger charge is 2.14. The third kappa shape index (κ3) is 3.47. The Morgan fingerprint density at radius 3 is 2.71 bits per heavy atom. The van der Waals surface area contributed by atoms with Crippen LogP contribution in [0.25, 0.3) is 0 Å². The number of rotatable bonds is 4. The SMILES string of the molecule is COc1ccc(C(C)NC(=O)c2cccc(=O)[nH]2)cc1F. The van der Waals surface area contributed by atoms with Crippen molar-refractivity contribution in [1.82, 2.24) is 10.3 Å². The maximum absolute atomic E-state index is 13.6. The van der Waals surface area contributed by atoms with Crippen molar-refractivity contribution >= 4 is 5.91 Å². The van der Waals surface area contributed by atoms with Gasteiger partial charge in [-0.05, 0) is 30.7 Å². The molecular formula is C15H15FN2O3. The molecule has 0 bridgehead atoms. The number of benzene rings is 1. The van der Waals surface area contributed by atoms with Crippen molar-refractivity contribution in [3.05, 3.63) is 63.8 Å². The van der Waals surface area contributed by atoms with E-state index in [0.29, 0.717) is 5.56 Å². The summed E-state index contributed by atoms with van der Waals surface area (Å²) in [6, 6.07) is 8.36. The maximum atomic E-state index is 13.6. The summed E-state index contributed by atoms with van der Waals surface area (Å²) in [5.41, 5.74) is 0.397. The molecule has 2 aromatic rings. The minimum atomic E-state index is -0.496. The van der Waals surface area contributed by atoms with Crippen molar-refractivity contribution in [3.8, 4) is 5.75 Å². The molecule has 1 aromatic carbocycles. The van der Waals surface area contributed by atoms with Crippen LogP contribution in [0.3, 0.4) is 0 Å². The lowest BCUT2D eigenvalue weighted by Gasteiger charge is -2.15. The Kier molecular flexibility index (Phi) is 4.37. The first kappa shape index (κ1) is 14.8. The summed E-state index contributed by atoms with van der Waals surface area (Å²) in [7, 11) is 1.38. The summed E-state index contributed by atoms with van der Waals surface area (Å²) in [6.07, 6.45) is 0. The number of hydrogen-bond donors (Lipinski definition) is 2. The van der Waals surface area contributed by atoms with Crippen LogP contribution in [-0.4, -0.2) is 18.0 Å². The zero-order valence-corrected chi connectivity index (χ0v) is 11.6. The topological polar surface area (TPSA) is 71.2 Å². The molecule has 1 aromatic heterocycles. The summed E-state index contributed by atoms with van der Waals surface area (Å²) < 4.78 is 18.5. The van der Waals surface area contributed by atoms with Crippen LogP contribution < -0.4 is 15.6 Å². The second-order valence-electron chi connectivity index (χ2n) is 4.52. The molecule has 2 N–H and O–H groups in total. The molecule has 110 valence electrons. The molecule has 21 heavy (non-hydrogen) atoms. The lowest BCUT2D eigenvalue weighted by atomic mass is 10.1. The van der Waals surface area contributed by atoms with E-state index in [1.807, 2.05) is 0 Å². The van der Waals surface area contributed by atoms with Crippen molar-refractivity contribution in [1.29, 1.82) is 0 Å². The van der Waals surface area contributed by atoms with Crippen LogP contribution in [0.5, 0.6) is 5.75 Å². The molecule has 0 aliphatic rings. The lowest BCUT2D eigenvalue weighted by Crippen LogP contribution is -2.28. The number of methoxy groups -OCH3 is 1. The normalized spacial score (nSPS) is 11.8. The quantitative estimate of drug-likeness (QED) is 0.905. The number of nitrogens with one attached hydrogen (secondary N) is 2. The van der Waals surface area contributed by atoms with E-state index >= 15 is 0 Å². The minimum Gasteiger partial charge on any atom is -0.494 e. The van der Waals surface area contributed by atoms with Gasteiger partial charge in [-0.25, -0.2) is 4.39 Å². The van der Waals surface area contributed by atoms with Crippen LogP contribution in [-0.2, 0) is 0 Å². The van der Waals surface area contributed by atoms with Gasteiger partial charge in [0.25, 0.3) is 5.91 Å². The van der Waals surface area contributed by atoms with Gasteiger partial charge < -0.3 is 15.0 Å². The van der Waals surface area contributed by atoms with Gasteiger partial charge in [-0.1, -0.05) is 12.1 Å². The predicted molar refractivity (Wildman–Crippen MR) is 75.9 cm³/mol. The molecule has 1 atom stereocenters. The van der Waals surface area contributed by atoms with Crippen LogP contribution in [0.15, 0.2) is 41.2 Å². The van der Waals surface area contributed by atoms with Crippen molar-refractivity contribution < 1.29 is 13.9 Å². The van der Waals surface area contributed by atoms with E-state index in [2.05, 4.69) is 10.3 Å². The van der Waals surface area contributed by atoms with Gasteiger partial charge in [0.1, 0.15) is 5.69 Å². The third-order valence-electron chi connectivity index (χ3n) is 3.04. The Labute approximate surface area is 120 Å². The second-order valence-corrected chi connectivity index (χ2v) is 4.52. The minimum absolute atomic E-state index is 0.143. The molecular weight excluding hydrogens is 275 g/mol. The van der Waals surface area contributed by atoms with Crippen molar-refractivity contribution in [3.63, 3.8) is 0 Å². The molecule has 0 aliphatic carbocycles. The molecule has 1 unspecified atom stereocenters. The fourth-order valence-corrected chi connectivity index (χ4v) is 1.89. The molecule has 2 rings (SSSR count). The van der Waals surface area contributed by atoms with Crippen molar-refractivity contribution in [2.45, 2.75) is 13.0 Å². The number of H-pyrrole nitrogens is 1. The van der Waals surface area contributed by atoms with Gasteiger partial charge in [0.2, 0.25) is 5.56 Å². The highest BCUT2D eigenvalue weighted by molar-refractivity contribution is 5.92. The monoisotopic (exact) mass is 290 g/mol. The van der Waals surface area contributed by atoms with Gasteiger partial charge in [0.15, 0.2) is 11.6 Å². The molecule has 0 spiro atoms. The van der Waals surface area contributed by atoms with Crippen LogP contribution in [0.2, 0.25) is 0 Å². The molecule has 0 radical (unpaired) electrons. The van der Waals surface area contributed by atoms with E-state index in [1.54, 1.807) is 13.0 Å². The van der Waals surface area contributed by atoms with E-state index in [4.69, 9.17) is 4.74 Å². The van der Waals surface area contributed by atoms with Gasteiger partial charge in [-0.15, -0.1) is 0 Å². The standard InChI is InChI=1S/C15H15FN2O3/c1-9(10-6-7-13(21-2)11(16)8-10)17-15(20)12-4-3-5-14(19)18-12/h3-9H,1-2H3,(H,17,20)(H,18,19). The molecule has 5 nitrogen and oxygen atoms in total. The van der Waals surface area contributed by atoms with E-state index in [0.717, 1.165) is 0 Å². The molecule has 0 fully saturated rings. The van der Waals surface area contributed by atoms with Crippen LogP contribution in [0.1, 0.15) is 29.0 Å². The molecule has 6 heteroatoms. The van der Waals surface area contributed by atoms with Crippen molar-refractivity contribution in [2.75, 3.05) is 7.11 Å². The number of carbonyl (C=O) groups excluding carboxylic acids is 1. The number of carbonyl (C=O) groups is 1. The van der Waals surface area contributed by atoms with Gasteiger partial charge >= 0.3 is 0 Å². The first-order chi connectivity index (χ1) is 10.0. The molecule has 1 amide bonds. The average molecular weight is 290 g/mol.